The third-order valence-electron chi connectivity index (χ3n) is 2.96. The molecule has 0 aromatic carbocycles. The van der Waals surface area contributed by atoms with Gasteiger partial charge in [0.2, 0.25) is 0 Å². The summed E-state index contributed by atoms with van der Waals surface area (Å²) in [6.07, 6.45) is 3.70. The van der Waals surface area contributed by atoms with Crippen LogP contribution in [0.15, 0.2) is 0 Å². The van der Waals surface area contributed by atoms with Crippen molar-refractivity contribution in [3.63, 3.8) is 0 Å². The third-order valence-corrected chi connectivity index (χ3v) is 5.52. The molecule has 0 bridgehead atoms. The quantitative estimate of drug-likeness (QED) is 0.667. The van der Waals surface area contributed by atoms with Crippen LogP contribution in [0.2, 0.25) is 0 Å². The molecule has 0 N–H and O–H groups in total. The second-order valence-electron chi connectivity index (χ2n) is 5.12. The largest absolute Gasteiger partial charge is 0.365 e. The maximum Gasteiger partial charge on any atom is 0.189 e. The van der Waals surface area contributed by atoms with Crippen molar-refractivity contribution in [2.75, 3.05) is 31.6 Å². The molecule has 0 aliphatic carbocycles. The molecular formula is C15H29NOS2Y-2. The zero-order valence-corrected chi connectivity index (χ0v) is 17.7. The molecule has 0 saturated carbocycles. The summed E-state index contributed by atoms with van der Waals surface area (Å²) in [4.78, 5) is 12.4. The average Bonchev–Trinajstić information content (AvgIpc) is 3.01. The number of carbonyl (C=O) groups is 1. The molecule has 2 saturated heterocycles. The van der Waals surface area contributed by atoms with Crippen LogP contribution >= 0.6 is 23.5 Å². The van der Waals surface area contributed by atoms with Crippen LogP contribution in [0.5, 0.6) is 0 Å². The van der Waals surface area contributed by atoms with E-state index < -0.39 is 0 Å². The van der Waals surface area contributed by atoms with E-state index >= 15 is 0 Å². The van der Waals surface area contributed by atoms with E-state index in [0.717, 1.165) is 30.5 Å². The van der Waals surface area contributed by atoms with Gasteiger partial charge in [-0.1, -0.05) is 25.6 Å². The van der Waals surface area contributed by atoms with E-state index in [1.165, 1.54) is 30.4 Å². The average molecular weight is 392 g/mol. The Labute approximate surface area is 159 Å². The van der Waals surface area contributed by atoms with Crippen LogP contribution in [0.25, 0.3) is 0 Å². The van der Waals surface area contributed by atoms with E-state index in [2.05, 4.69) is 39.5 Å². The molecule has 117 valence electrons. The smallest absolute Gasteiger partial charge is 0.189 e. The Balaban J connectivity index is 0. The molecule has 2 fully saturated rings. The van der Waals surface area contributed by atoms with Gasteiger partial charge in [-0.25, -0.2) is 0 Å². The molecule has 2 atom stereocenters. The molecular weight excluding hydrogens is 363 g/mol. The van der Waals surface area contributed by atoms with Gasteiger partial charge >= 0.3 is 0 Å². The maximum absolute atomic E-state index is 10.4. The summed E-state index contributed by atoms with van der Waals surface area (Å²) in [7, 11) is 1.99. The van der Waals surface area contributed by atoms with Gasteiger partial charge in [-0.2, -0.15) is 11.8 Å². The van der Waals surface area contributed by atoms with Gasteiger partial charge in [-0.3, -0.25) is 4.79 Å². The second kappa shape index (κ2) is 15.3. The normalized spacial score (nSPS) is 24.4. The van der Waals surface area contributed by atoms with Crippen LogP contribution in [0.1, 0.15) is 33.1 Å². The molecule has 0 aromatic rings. The number of rotatable bonds is 2. The Morgan fingerprint density at radius 3 is 2.00 bits per heavy atom. The summed E-state index contributed by atoms with van der Waals surface area (Å²) in [5.74, 6) is 3.08. The zero-order valence-electron chi connectivity index (χ0n) is 13.3. The number of thioether (sulfide) groups is 2. The van der Waals surface area contributed by atoms with Crippen LogP contribution in [0.4, 0.5) is 0 Å². The van der Waals surface area contributed by atoms with Crippen LogP contribution in [-0.2, 0) is 37.5 Å². The number of nitrogens with zero attached hydrogens (tertiary/aromatic N) is 1. The van der Waals surface area contributed by atoms with Crippen molar-refractivity contribution >= 4 is 28.6 Å². The fraction of sp³-hybridized carbons (Fsp3) is 0.800. The van der Waals surface area contributed by atoms with Crippen LogP contribution < -0.4 is 0 Å². The second-order valence-corrected chi connectivity index (χ2v) is 7.74. The van der Waals surface area contributed by atoms with Crippen molar-refractivity contribution in [3.05, 3.63) is 13.8 Å². The molecule has 2 heterocycles. The predicted octanol–water partition coefficient (Wildman–Crippen LogP) is 3.77. The number of hydrogen-bond acceptors (Lipinski definition) is 4. The summed E-state index contributed by atoms with van der Waals surface area (Å²) in [6.45, 7) is 13.4. The number of carbonyl (C=O) groups excluding carboxylic acids is 1. The van der Waals surface area contributed by atoms with Gasteiger partial charge in [0.15, 0.2) is 5.12 Å². The molecule has 2 unspecified atom stereocenters. The van der Waals surface area contributed by atoms with Gasteiger partial charge in [0.05, 0.1) is 0 Å². The van der Waals surface area contributed by atoms with Crippen LogP contribution in [0, 0.1) is 19.8 Å². The standard InChI is InChI=1S/C5H11N.C5H8OS.C5H10S.Y/c1-4-6(3)5-2;1-4-2-5(6)7-3-4;1-5-3-2-4-6-5;/h1-2,4-5H2,3H3;4H,2-3H2,1H3;5H,2-4H2,1H3;/q-2;;;. The molecule has 0 spiro atoms. The Morgan fingerprint density at radius 2 is 1.90 bits per heavy atom. The minimum Gasteiger partial charge on any atom is -0.365 e. The first-order chi connectivity index (χ1) is 8.99. The SMILES string of the molecule is CC1CCCS1.CC1CSC(=O)C1.[CH2-]CN(C)C[CH2-].[Y]. The van der Waals surface area contributed by atoms with E-state index in [1.54, 1.807) is 0 Å². The van der Waals surface area contributed by atoms with Crippen molar-refractivity contribution < 1.29 is 37.5 Å². The minimum atomic E-state index is 0. The van der Waals surface area contributed by atoms with Gasteiger partial charge in [0, 0.05) is 50.1 Å². The summed E-state index contributed by atoms with van der Waals surface area (Å²) >= 11 is 3.56. The van der Waals surface area contributed by atoms with Crippen molar-refractivity contribution in [2.24, 2.45) is 5.92 Å². The maximum atomic E-state index is 10.4. The first-order valence-corrected chi connectivity index (χ1v) is 9.07. The van der Waals surface area contributed by atoms with Gasteiger partial charge in [0.25, 0.3) is 0 Å². The molecule has 1 radical (unpaired) electrons. The Bertz CT molecular complexity index is 232. The van der Waals surface area contributed by atoms with Crippen LogP contribution in [0.3, 0.4) is 0 Å². The van der Waals surface area contributed by atoms with E-state index in [0.29, 0.717) is 11.0 Å². The molecule has 2 aliphatic rings. The Morgan fingerprint density at radius 1 is 1.30 bits per heavy atom. The summed E-state index contributed by atoms with van der Waals surface area (Å²) in [6, 6.07) is 0. The topological polar surface area (TPSA) is 20.3 Å². The first-order valence-electron chi connectivity index (χ1n) is 7.03. The van der Waals surface area contributed by atoms with Crippen molar-refractivity contribution in [1.82, 2.24) is 4.90 Å². The van der Waals surface area contributed by atoms with E-state index in [9.17, 15) is 4.79 Å². The van der Waals surface area contributed by atoms with Crippen molar-refractivity contribution in [3.8, 4) is 0 Å². The van der Waals surface area contributed by atoms with Gasteiger partial charge in [-0.15, -0.1) is 13.1 Å². The van der Waals surface area contributed by atoms with Gasteiger partial charge in [0.1, 0.15) is 0 Å². The predicted molar refractivity (Wildman–Crippen MR) is 90.6 cm³/mol. The fourth-order valence-corrected chi connectivity index (χ4v) is 3.55. The van der Waals surface area contributed by atoms with E-state index in [1.807, 2.05) is 11.9 Å². The van der Waals surface area contributed by atoms with E-state index in [-0.39, 0.29) is 32.7 Å². The molecule has 0 amide bonds. The monoisotopic (exact) mass is 392 g/mol. The molecule has 0 aromatic heterocycles. The van der Waals surface area contributed by atoms with E-state index in [4.69, 9.17) is 0 Å². The zero-order chi connectivity index (χ0) is 14.7. The third kappa shape index (κ3) is 14.4. The molecule has 2 nitrogen and oxygen atoms in total. The summed E-state index contributed by atoms with van der Waals surface area (Å²) in [5, 5.41) is 1.33. The number of hydrogen-bond donors (Lipinski definition) is 0. The van der Waals surface area contributed by atoms with Gasteiger partial charge in [-0.05, 0) is 31.6 Å². The molecule has 5 heteroatoms. The minimum absolute atomic E-state index is 0. The molecule has 20 heavy (non-hydrogen) atoms. The van der Waals surface area contributed by atoms with Gasteiger partial charge < -0.3 is 18.7 Å². The fourth-order valence-electron chi connectivity index (χ4n) is 1.49. The molecule has 2 rings (SSSR count). The Hall–Kier alpha value is 1.43. The summed E-state index contributed by atoms with van der Waals surface area (Å²) in [5.41, 5.74) is 0. The summed E-state index contributed by atoms with van der Waals surface area (Å²) < 4.78 is 0. The van der Waals surface area contributed by atoms with Crippen molar-refractivity contribution in [1.29, 1.82) is 0 Å². The first kappa shape index (κ1) is 23.7. The van der Waals surface area contributed by atoms with Crippen molar-refractivity contribution in [2.45, 2.75) is 38.4 Å². The Kier molecular flexibility index (Phi) is 18.2. The van der Waals surface area contributed by atoms with Crippen LogP contribution in [-0.4, -0.2) is 46.9 Å². The molecule has 2 aliphatic heterocycles.